The average molecular weight is 392 g/mol. The molecule has 0 bridgehead atoms. The number of fused-ring (bicyclic) bond motifs is 1. The van der Waals surface area contributed by atoms with E-state index in [1.165, 1.54) is 0 Å². The highest BCUT2D eigenvalue weighted by Gasteiger charge is 2.30. The molecule has 4 rings (SSSR count). The maximum Gasteiger partial charge on any atom is 0.272 e. The summed E-state index contributed by atoms with van der Waals surface area (Å²) in [5.74, 6) is -0.122. The number of hydrogen-bond donors (Lipinski definition) is 1. The highest BCUT2D eigenvalue weighted by atomic mass is 79.9. The van der Waals surface area contributed by atoms with E-state index in [1.807, 2.05) is 12.1 Å². The van der Waals surface area contributed by atoms with Crippen LogP contribution in [-0.4, -0.2) is 39.8 Å². The second kappa shape index (κ2) is 5.61. The van der Waals surface area contributed by atoms with E-state index in [0.717, 1.165) is 32.9 Å². The summed E-state index contributed by atoms with van der Waals surface area (Å²) >= 11 is 5.15. The topological polar surface area (TPSA) is 63.1 Å². The van der Waals surface area contributed by atoms with Crippen molar-refractivity contribution in [1.82, 2.24) is 20.1 Å². The lowest BCUT2D eigenvalue weighted by atomic mass is 10.1. The monoisotopic (exact) mass is 391 g/mol. The van der Waals surface area contributed by atoms with Gasteiger partial charge >= 0.3 is 0 Å². The molecule has 23 heavy (non-hydrogen) atoms. The minimum absolute atomic E-state index is 0.122. The summed E-state index contributed by atoms with van der Waals surface area (Å²) in [7, 11) is 1.80. The number of aromatic nitrogens is 3. The standard InChI is InChI=1S/C15H14BrN5OS/c1-20-5-4-12(19-20)14(22)17-10-7-21(8-10)15-18-11-3-2-9(16)6-13(11)23-15/h2-6,10H,7-8H2,1H3,(H,17,22). The summed E-state index contributed by atoms with van der Waals surface area (Å²) in [4.78, 5) is 18.9. The van der Waals surface area contributed by atoms with Crippen LogP contribution in [-0.2, 0) is 7.05 Å². The van der Waals surface area contributed by atoms with Crippen LogP contribution in [0.25, 0.3) is 10.2 Å². The zero-order valence-corrected chi connectivity index (χ0v) is 14.8. The van der Waals surface area contributed by atoms with Crippen molar-refractivity contribution >= 4 is 48.5 Å². The van der Waals surface area contributed by atoms with Crippen LogP contribution in [0.3, 0.4) is 0 Å². The van der Waals surface area contributed by atoms with Crippen molar-refractivity contribution in [2.45, 2.75) is 6.04 Å². The first-order valence-electron chi connectivity index (χ1n) is 7.20. The van der Waals surface area contributed by atoms with Crippen LogP contribution in [0.5, 0.6) is 0 Å². The smallest absolute Gasteiger partial charge is 0.272 e. The van der Waals surface area contributed by atoms with Crippen LogP contribution in [0.1, 0.15) is 10.5 Å². The van der Waals surface area contributed by atoms with Gasteiger partial charge in [0.25, 0.3) is 5.91 Å². The molecule has 1 fully saturated rings. The Kier molecular flexibility index (Phi) is 3.57. The van der Waals surface area contributed by atoms with Crippen molar-refractivity contribution in [1.29, 1.82) is 0 Å². The molecular weight excluding hydrogens is 378 g/mol. The molecule has 0 unspecified atom stereocenters. The predicted molar refractivity (Wildman–Crippen MR) is 94.0 cm³/mol. The van der Waals surface area contributed by atoms with Crippen LogP contribution in [0.15, 0.2) is 34.9 Å². The molecule has 8 heteroatoms. The Morgan fingerprint density at radius 1 is 1.39 bits per heavy atom. The molecule has 1 amide bonds. The predicted octanol–water partition coefficient (Wildman–Crippen LogP) is 2.41. The lowest BCUT2D eigenvalue weighted by Gasteiger charge is -2.39. The van der Waals surface area contributed by atoms with E-state index in [1.54, 1.807) is 35.3 Å². The van der Waals surface area contributed by atoms with Crippen molar-refractivity contribution in [2.24, 2.45) is 7.05 Å². The van der Waals surface area contributed by atoms with Crippen molar-refractivity contribution < 1.29 is 4.79 Å². The summed E-state index contributed by atoms with van der Waals surface area (Å²) in [6, 6.07) is 7.95. The van der Waals surface area contributed by atoms with Gasteiger partial charge in [-0.25, -0.2) is 4.98 Å². The zero-order valence-electron chi connectivity index (χ0n) is 12.4. The van der Waals surface area contributed by atoms with Crippen LogP contribution >= 0.6 is 27.3 Å². The lowest BCUT2D eigenvalue weighted by molar-refractivity contribution is 0.0924. The molecule has 1 N–H and O–H groups in total. The molecule has 6 nitrogen and oxygen atoms in total. The third kappa shape index (κ3) is 2.84. The molecule has 0 spiro atoms. The summed E-state index contributed by atoms with van der Waals surface area (Å²) in [5, 5.41) is 8.12. The molecule has 3 heterocycles. The van der Waals surface area contributed by atoms with Crippen LogP contribution in [0.4, 0.5) is 5.13 Å². The van der Waals surface area contributed by atoms with E-state index < -0.39 is 0 Å². The Morgan fingerprint density at radius 2 is 2.22 bits per heavy atom. The fourth-order valence-electron chi connectivity index (χ4n) is 2.54. The largest absolute Gasteiger partial charge is 0.344 e. The molecular formula is C15H14BrN5OS. The minimum Gasteiger partial charge on any atom is -0.344 e. The van der Waals surface area contributed by atoms with E-state index in [2.05, 4.69) is 42.3 Å². The van der Waals surface area contributed by atoms with Gasteiger partial charge in [0.05, 0.1) is 16.3 Å². The SMILES string of the molecule is Cn1ccc(C(=O)NC2CN(c3nc4ccc(Br)cc4s3)C2)n1. The van der Waals surface area contributed by atoms with Crippen LogP contribution in [0, 0.1) is 0 Å². The molecule has 2 aromatic heterocycles. The van der Waals surface area contributed by atoms with Crippen molar-refractivity contribution in [3.8, 4) is 0 Å². The molecule has 118 valence electrons. The Labute approximate surface area is 145 Å². The summed E-state index contributed by atoms with van der Waals surface area (Å²) in [6.07, 6.45) is 1.77. The summed E-state index contributed by atoms with van der Waals surface area (Å²) in [5.41, 5.74) is 1.46. The quantitative estimate of drug-likeness (QED) is 0.744. The maximum absolute atomic E-state index is 12.1. The second-order valence-electron chi connectivity index (χ2n) is 5.56. The number of thiazole rings is 1. The van der Waals surface area contributed by atoms with E-state index in [4.69, 9.17) is 0 Å². The number of rotatable bonds is 3. The number of hydrogen-bond acceptors (Lipinski definition) is 5. The fraction of sp³-hybridized carbons (Fsp3) is 0.267. The van der Waals surface area contributed by atoms with Gasteiger partial charge in [-0.15, -0.1) is 0 Å². The Hall–Kier alpha value is -1.93. The number of nitrogens with zero attached hydrogens (tertiary/aromatic N) is 4. The molecule has 0 atom stereocenters. The van der Waals surface area contributed by atoms with Gasteiger partial charge in [0.2, 0.25) is 0 Å². The van der Waals surface area contributed by atoms with Crippen molar-refractivity contribution in [3.05, 3.63) is 40.6 Å². The van der Waals surface area contributed by atoms with Gasteiger partial charge in [-0.3, -0.25) is 9.48 Å². The van der Waals surface area contributed by atoms with Crippen molar-refractivity contribution in [2.75, 3.05) is 18.0 Å². The van der Waals surface area contributed by atoms with Gasteiger partial charge in [-0.2, -0.15) is 5.10 Å². The number of carbonyl (C=O) groups excluding carboxylic acids is 1. The van der Waals surface area contributed by atoms with Gasteiger partial charge < -0.3 is 10.2 Å². The first-order chi connectivity index (χ1) is 11.1. The van der Waals surface area contributed by atoms with Crippen molar-refractivity contribution in [3.63, 3.8) is 0 Å². The highest BCUT2D eigenvalue weighted by molar-refractivity contribution is 9.10. The van der Waals surface area contributed by atoms with E-state index in [0.29, 0.717) is 5.69 Å². The Morgan fingerprint density at radius 3 is 2.96 bits per heavy atom. The van der Waals surface area contributed by atoms with Gasteiger partial charge in [0, 0.05) is 30.8 Å². The number of nitrogens with one attached hydrogen (secondary N) is 1. The number of carbonyl (C=O) groups is 1. The minimum atomic E-state index is -0.122. The molecule has 0 radical (unpaired) electrons. The zero-order chi connectivity index (χ0) is 16.0. The number of anilines is 1. The third-order valence-electron chi connectivity index (χ3n) is 3.77. The maximum atomic E-state index is 12.1. The van der Waals surface area contributed by atoms with E-state index in [-0.39, 0.29) is 11.9 Å². The Bertz CT molecular complexity index is 883. The molecule has 1 saturated heterocycles. The number of aryl methyl sites for hydroxylation is 1. The summed E-state index contributed by atoms with van der Waals surface area (Å²) < 4.78 is 3.85. The molecule has 0 aliphatic carbocycles. The number of benzene rings is 1. The molecule has 0 saturated carbocycles. The van der Waals surface area contributed by atoms with Gasteiger partial charge in [-0.1, -0.05) is 27.3 Å². The lowest BCUT2D eigenvalue weighted by Crippen LogP contribution is -2.59. The van der Waals surface area contributed by atoms with Gasteiger partial charge in [0.1, 0.15) is 5.69 Å². The van der Waals surface area contributed by atoms with E-state index >= 15 is 0 Å². The fourth-order valence-corrected chi connectivity index (χ4v) is 4.08. The third-order valence-corrected chi connectivity index (χ3v) is 5.34. The Balaban J connectivity index is 1.39. The molecule has 1 aliphatic heterocycles. The molecule has 1 aliphatic rings. The van der Waals surface area contributed by atoms with Gasteiger partial charge in [-0.05, 0) is 24.3 Å². The van der Waals surface area contributed by atoms with Crippen LogP contribution < -0.4 is 10.2 Å². The van der Waals surface area contributed by atoms with Gasteiger partial charge in [0.15, 0.2) is 5.13 Å². The second-order valence-corrected chi connectivity index (χ2v) is 7.48. The normalized spacial score (nSPS) is 15.0. The molecule has 1 aromatic carbocycles. The molecule has 3 aromatic rings. The highest BCUT2D eigenvalue weighted by Crippen LogP contribution is 2.32. The number of amides is 1. The summed E-state index contributed by atoms with van der Waals surface area (Å²) in [6.45, 7) is 1.55. The van der Waals surface area contributed by atoms with E-state index in [9.17, 15) is 4.79 Å². The first-order valence-corrected chi connectivity index (χ1v) is 8.81. The van der Waals surface area contributed by atoms with Crippen LogP contribution in [0.2, 0.25) is 0 Å². The first kappa shape index (κ1) is 14.6. The number of halogens is 1. The average Bonchev–Trinajstić information content (AvgIpc) is 3.07.